The highest BCUT2D eigenvalue weighted by molar-refractivity contribution is 9.10. The summed E-state index contributed by atoms with van der Waals surface area (Å²) in [6, 6.07) is 11.8. The van der Waals surface area contributed by atoms with E-state index < -0.39 is 11.7 Å². The summed E-state index contributed by atoms with van der Waals surface area (Å²) < 4.78 is 0.703. The monoisotopic (exact) mass is 331 g/mol. The van der Waals surface area contributed by atoms with E-state index in [9.17, 15) is 14.7 Å². The number of nitrogens with zero attached hydrogens (tertiary/aromatic N) is 1. The van der Waals surface area contributed by atoms with Crippen molar-refractivity contribution in [2.24, 2.45) is 0 Å². The van der Waals surface area contributed by atoms with Crippen LogP contribution in [0.3, 0.4) is 0 Å². The van der Waals surface area contributed by atoms with E-state index in [2.05, 4.69) is 15.9 Å². The number of hydrogen-bond acceptors (Lipinski definition) is 3. The average molecular weight is 332 g/mol. The van der Waals surface area contributed by atoms with E-state index in [0.717, 1.165) is 5.56 Å². The van der Waals surface area contributed by atoms with Gasteiger partial charge in [0, 0.05) is 4.47 Å². The summed E-state index contributed by atoms with van der Waals surface area (Å²) in [5, 5.41) is 9.48. The maximum absolute atomic E-state index is 12.1. The van der Waals surface area contributed by atoms with Crippen LogP contribution in [0.2, 0.25) is 0 Å². The van der Waals surface area contributed by atoms with Crippen LogP contribution in [-0.4, -0.2) is 16.8 Å². The molecule has 1 N–H and O–H groups in total. The Bertz CT molecular complexity index is 727. The molecule has 0 atom stereocenters. The third-order valence-electron chi connectivity index (χ3n) is 3.19. The SMILES string of the molecule is O=C1C(=O)N(Cc2cccc(O)c2)c2c(Br)cccc21. The van der Waals surface area contributed by atoms with Gasteiger partial charge in [0.05, 0.1) is 17.8 Å². The van der Waals surface area contributed by atoms with Crippen LogP contribution in [0.25, 0.3) is 0 Å². The minimum atomic E-state index is -0.546. The molecular weight excluding hydrogens is 322 g/mol. The summed E-state index contributed by atoms with van der Waals surface area (Å²) in [7, 11) is 0. The van der Waals surface area contributed by atoms with Crippen molar-refractivity contribution in [3.05, 3.63) is 58.1 Å². The van der Waals surface area contributed by atoms with Crippen molar-refractivity contribution in [1.29, 1.82) is 0 Å². The van der Waals surface area contributed by atoms with Gasteiger partial charge in [0.25, 0.3) is 11.7 Å². The molecule has 20 heavy (non-hydrogen) atoms. The molecule has 0 unspecified atom stereocenters. The normalized spacial score (nSPS) is 13.8. The van der Waals surface area contributed by atoms with E-state index in [1.807, 2.05) is 0 Å². The number of aromatic hydroxyl groups is 1. The number of ketones is 1. The van der Waals surface area contributed by atoms with Gasteiger partial charge in [-0.25, -0.2) is 0 Å². The Morgan fingerprint density at radius 1 is 1.10 bits per heavy atom. The first kappa shape index (κ1) is 12.9. The van der Waals surface area contributed by atoms with Crippen LogP contribution >= 0.6 is 15.9 Å². The smallest absolute Gasteiger partial charge is 0.299 e. The summed E-state index contributed by atoms with van der Waals surface area (Å²) in [6.45, 7) is 0.245. The average Bonchev–Trinajstić information content (AvgIpc) is 2.66. The number of Topliss-reactive ketones (excluding diaryl/α,β-unsaturated/α-hetero) is 1. The number of fused-ring (bicyclic) bond motifs is 1. The first-order chi connectivity index (χ1) is 9.58. The van der Waals surface area contributed by atoms with Crippen LogP contribution in [-0.2, 0) is 11.3 Å². The molecule has 1 aliphatic heterocycles. The fourth-order valence-electron chi connectivity index (χ4n) is 2.30. The maximum Gasteiger partial charge on any atom is 0.299 e. The molecule has 4 nitrogen and oxygen atoms in total. The number of carbonyl (C=O) groups is 2. The van der Waals surface area contributed by atoms with Gasteiger partial charge in [0.2, 0.25) is 0 Å². The lowest BCUT2D eigenvalue weighted by atomic mass is 10.1. The third kappa shape index (κ3) is 2.00. The Labute approximate surface area is 123 Å². The Morgan fingerprint density at radius 2 is 1.85 bits per heavy atom. The molecule has 0 bridgehead atoms. The molecule has 0 fully saturated rings. The molecule has 5 heteroatoms. The van der Waals surface area contributed by atoms with E-state index >= 15 is 0 Å². The summed E-state index contributed by atoms with van der Waals surface area (Å²) in [4.78, 5) is 25.5. The predicted octanol–water partition coefficient (Wildman–Crippen LogP) is 2.88. The lowest BCUT2D eigenvalue weighted by Crippen LogP contribution is -2.29. The number of halogens is 1. The van der Waals surface area contributed by atoms with Crippen molar-refractivity contribution in [2.75, 3.05) is 4.90 Å². The number of anilines is 1. The van der Waals surface area contributed by atoms with Crippen LogP contribution in [0.15, 0.2) is 46.9 Å². The van der Waals surface area contributed by atoms with Crippen molar-refractivity contribution < 1.29 is 14.7 Å². The predicted molar refractivity (Wildman–Crippen MR) is 77.8 cm³/mol. The van der Waals surface area contributed by atoms with Gasteiger partial charge in [-0.3, -0.25) is 14.5 Å². The quantitative estimate of drug-likeness (QED) is 0.861. The minimum absolute atomic E-state index is 0.132. The number of rotatable bonds is 2. The highest BCUT2D eigenvalue weighted by Gasteiger charge is 2.37. The Kier molecular flexibility index (Phi) is 3.06. The maximum atomic E-state index is 12.1. The van der Waals surface area contributed by atoms with Gasteiger partial charge >= 0.3 is 0 Å². The number of phenolic OH excluding ortho intramolecular Hbond substituents is 1. The van der Waals surface area contributed by atoms with Crippen molar-refractivity contribution in [2.45, 2.75) is 6.54 Å². The molecular formula is C15H10BrNO3. The second kappa shape index (κ2) is 4.76. The number of amides is 1. The molecule has 100 valence electrons. The van der Waals surface area contributed by atoms with Crippen LogP contribution in [0.5, 0.6) is 5.75 Å². The van der Waals surface area contributed by atoms with Gasteiger partial charge in [-0.05, 0) is 45.8 Å². The zero-order valence-corrected chi connectivity index (χ0v) is 11.9. The first-order valence-electron chi connectivity index (χ1n) is 6.00. The second-order valence-electron chi connectivity index (χ2n) is 4.53. The van der Waals surface area contributed by atoms with Crippen molar-refractivity contribution >= 4 is 33.3 Å². The van der Waals surface area contributed by atoms with Crippen LogP contribution in [0.1, 0.15) is 15.9 Å². The van der Waals surface area contributed by atoms with Gasteiger partial charge in [-0.15, -0.1) is 0 Å². The van der Waals surface area contributed by atoms with Gasteiger partial charge < -0.3 is 5.11 Å². The molecule has 0 aromatic heterocycles. The number of hydrogen-bond donors (Lipinski definition) is 1. The zero-order valence-electron chi connectivity index (χ0n) is 10.3. The molecule has 1 aliphatic rings. The molecule has 0 spiro atoms. The van der Waals surface area contributed by atoms with E-state index in [4.69, 9.17) is 0 Å². The molecule has 0 saturated heterocycles. The summed E-state index contributed by atoms with van der Waals surface area (Å²) in [6.07, 6.45) is 0. The summed E-state index contributed by atoms with van der Waals surface area (Å²) >= 11 is 3.38. The largest absolute Gasteiger partial charge is 0.508 e. The lowest BCUT2D eigenvalue weighted by molar-refractivity contribution is -0.114. The Balaban J connectivity index is 2.03. The van der Waals surface area contributed by atoms with Gasteiger partial charge in [0.1, 0.15) is 5.75 Å². The topological polar surface area (TPSA) is 57.6 Å². The third-order valence-corrected chi connectivity index (χ3v) is 3.83. The number of carbonyl (C=O) groups excluding carboxylic acids is 2. The number of benzene rings is 2. The van der Waals surface area contributed by atoms with Crippen LogP contribution in [0, 0.1) is 0 Å². The Morgan fingerprint density at radius 3 is 2.60 bits per heavy atom. The van der Waals surface area contributed by atoms with E-state index in [1.165, 1.54) is 4.90 Å². The number of para-hydroxylation sites is 1. The van der Waals surface area contributed by atoms with Crippen molar-refractivity contribution in [3.8, 4) is 5.75 Å². The molecule has 2 aromatic rings. The van der Waals surface area contributed by atoms with Crippen LogP contribution in [0.4, 0.5) is 5.69 Å². The molecule has 3 rings (SSSR count). The molecule has 1 amide bonds. The fourth-order valence-corrected chi connectivity index (χ4v) is 2.88. The second-order valence-corrected chi connectivity index (χ2v) is 5.38. The molecule has 0 radical (unpaired) electrons. The van der Waals surface area contributed by atoms with Crippen molar-refractivity contribution in [1.82, 2.24) is 0 Å². The van der Waals surface area contributed by atoms with Crippen LogP contribution < -0.4 is 4.90 Å². The number of phenols is 1. The Hall–Kier alpha value is -2.14. The van der Waals surface area contributed by atoms with Gasteiger partial charge in [0.15, 0.2) is 0 Å². The summed E-state index contributed by atoms with van der Waals surface area (Å²) in [5.74, 6) is -0.912. The van der Waals surface area contributed by atoms with E-state index in [1.54, 1.807) is 42.5 Å². The molecule has 0 saturated carbocycles. The molecule has 0 aliphatic carbocycles. The standard InChI is InChI=1S/C15H10BrNO3/c16-12-6-2-5-11-13(12)17(15(20)14(11)19)8-9-3-1-4-10(18)7-9/h1-7,18H,8H2. The fraction of sp³-hybridized carbons (Fsp3) is 0.0667. The van der Waals surface area contributed by atoms with E-state index in [0.29, 0.717) is 15.7 Å². The van der Waals surface area contributed by atoms with Gasteiger partial charge in [-0.2, -0.15) is 0 Å². The van der Waals surface area contributed by atoms with Crippen molar-refractivity contribution in [3.63, 3.8) is 0 Å². The van der Waals surface area contributed by atoms with E-state index in [-0.39, 0.29) is 12.3 Å². The minimum Gasteiger partial charge on any atom is -0.508 e. The molecule has 1 heterocycles. The summed E-state index contributed by atoms with van der Waals surface area (Å²) in [5.41, 5.74) is 1.75. The highest BCUT2D eigenvalue weighted by Crippen LogP contribution is 2.36. The highest BCUT2D eigenvalue weighted by atomic mass is 79.9. The lowest BCUT2D eigenvalue weighted by Gasteiger charge is -2.17. The van der Waals surface area contributed by atoms with Gasteiger partial charge in [-0.1, -0.05) is 18.2 Å². The molecule has 2 aromatic carbocycles. The zero-order chi connectivity index (χ0) is 14.3. The first-order valence-corrected chi connectivity index (χ1v) is 6.80.